The van der Waals surface area contributed by atoms with Crippen molar-refractivity contribution in [2.75, 3.05) is 0 Å². The van der Waals surface area contributed by atoms with Crippen LogP contribution in [0.1, 0.15) is 24.1 Å². The Morgan fingerprint density at radius 2 is 2.00 bits per heavy atom. The molecule has 3 heteroatoms. The third-order valence-corrected chi connectivity index (χ3v) is 3.67. The van der Waals surface area contributed by atoms with Crippen LogP contribution in [0.4, 0.5) is 0 Å². The lowest BCUT2D eigenvalue weighted by atomic mass is 10.2. The topological polar surface area (TPSA) is 12.0 Å². The van der Waals surface area contributed by atoms with Gasteiger partial charge in [0.05, 0.1) is 0 Å². The summed E-state index contributed by atoms with van der Waals surface area (Å²) >= 11 is 3.50. The fourth-order valence-electron chi connectivity index (χ4n) is 1.30. The lowest BCUT2D eigenvalue weighted by molar-refractivity contribution is 0.577. The second-order valence-electron chi connectivity index (χ2n) is 3.29. The highest BCUT2D eigenvalue weighted by atomic mass is 32.1. The van der Waals surface area contributed by atoms with E-state index in [0.717, 1.165) is 6.54 Å². The summed E-state index contributed by atoms with van der Waals surface area (Å²) in [5.74, 6) is 0. The van der Waals surface area contributed by atoms with Gasteiger partial charge in [-0.1, -0.05) is 0 Å². The number of hydrogen-bond donors (Lipinski definition) is 1. The van der Waals surface area contributed by atoms with Crippen molar-refractivity contribution in [2.45, 2.75) is 19.5 Å². The number of rotatable bonds is 4. The van der Waals surface area contributed by atoms with Gasteiger partial charge in [0, 0.05) is 12.6 Å². The largest absolute Gasteiger partial charge is 0.306 e. The Morgan fingerprint density at radius 1 is 1.21 bits per heavy atom. The number of hydrogen-bond acceptors (Lipinski definition) is 3. The van der Waals surface area contributed by atoms with Crippen molar-refractivity contribution in [1.29, 1.82) is 0 Å². The molecule has 2 heterocycles. The summed E-state index contributed by atoms with van der Waals surface area (Å²) in [6, 6.07) is 4.79. The number of thiophene rings is 2. The predicted molar refractivity (Wildman–Crippen MR) is 63.9 cm³/mol. The van der Waals surface area contributed by atoms with Crippen LogP contribution < -0.4 is 5.32 Å². The first-order valence-electron chi connectivity index (χ1n) is 4.63. The van der Waals surface area contributed by atoms with E-state index in [1.165, 1.54) is 11.1 Å². The highest BCUT2D eigenvalue weighted by molar-refractivity contribution is 7.08. The monoisotopic (exact) mass is 223 g/mol. The van der Waals surface area contributed by atoms with Crippen LogP contribution in [0.5, 0.6) is 0 Å². The summed E-state index contributed by atoms with van der Waals surface area (Å²) in [6.45, 7) is 3.16. The van der Waals surface area contributed by atoms with Crippen molar-refractivity contribution in [3.8, 4) is 0 Å². The predicted octanol–water partition coefficient (Wildman–Crippen LogP) is 3.66. The zero-order valence-electron chi connectivity index (χ0n) is 8.07. The Hall–Kier alpha value is -0.640. The van der Waals surface area contributed by atoms with E-state index in [1.54, 1.807) is 22.7 Å². The summed E-state index contributed by atoms with van der Waals surface area (Å²) in [5, 5.41) is 12.1. The van der Waals surface area contributed by atoms with Crippen molar-refractivity contribution >= 4 is 22.7 Å². The molecule has 1 unspecified atom stereocenters. The van der Waals surface area contributed by atoms with E-state index in [9.17, 15) is 0 Å². The molecule has 0 saturated heterocycles. The van der Waals surface area contributed by atoms with Gasteiger partial charge in [-0.3, -0.25) is 0 Å². The molecule has 2 rings (SSSR count). The zero-order chi connectivity index (χ0) is 9.80. The minimum absolute atomic E-state index is 0.446. The van der Waals surface area contributed by atoms with Gasteiger partial charge in [0.15, 0.2) is 0 Å². The minimum Gasteiger partial charge on any atom is -0.306 e. The SMILES string of the molecule is CC(NCc1ccsc1)c1ccsc1. The van der Waals surface area contributed by atoms with Crippen molar-refractivity contribution in [3.05, 3.63) is 44.8 Å². The van der Waals surface area contributed by atoms with Gasteiger partial charge in [0.2, 0.25) is 0 Å². The van der Waals surface area contributed by atoms with Crippen LogP contribution in [0.15, 0.2) is 33.7 Å². The van der Waals surface area contributed by atoms with E-state index < -0.39 is 0 Å². The average Bonchev–Trinajstić information content (AvgIpc) is 2.87. The molecule has 1 atom stereocenters. The fraction of sp³-hybridized carbons (Fsp3) is 0.273. The Morgan fingerprint density at radius 3 is 2.64 bits per heavy atom. The van der Waals surface area contributed by atoms with E-state index in [2.05, 4.69) is 45.9 Å². The molecule has 0 spiro atoms. The van der Waals surface area contributed by atoms with Gasteiger partial charge in [-0.2, -0.15) is 22.7 Å². The Labute approximate surface area is 92.4 Å². The molecule has 0 radical (unpaired) electrons. The molecule has 2 aromatic heterocycles. The summed E-state index contributed by atoms with van der Waals surface area (Å²) in [7, 11) is 0. The molecule has 0 fully saturated rings. The fourth-order valence-corrected chi connectivity index (χ4v) is 2.73. The maximum Gasteiger partial charge on any atom is 0.0303 e. The second-order valence-corrected chi connectivity index (χ2v) is 4.85. The van der Waals surface area contributed by atoms with Crippen LogP contribution in [0, 0.1) is 0 Å². The van der Waals surface area contributed by atoms with Crippen molar-refractivity contribution in [1.82, 2.24) is 5.32 Å². The molecule has 0 aromatic carbocycles. The van der Waals surface area contributed by atoms with Gasteiger partial charge in [0.1, 0.15) is 0 Å². The van der Waals surface area contributed by atoms with E-state index >= 15 is 0 Å². The van der Waals surface area contributed by atoms with Crippen LogP contribution in [0.3, 0.4) is 0 Å². The van der Waals surface area contributed by atoms with E-state index in [1.807, 2.05) is 0 Å². The molecule has 0 amide bonds. The van der Waals surface area contributed by atoms with Crippen molar-refractivity contribution < 1.29 is 0 Å². The van der Waals surface area contributed by atoms with Gasteiger partial charge in [-0.15, -0.1) is 0 Å². The maximum atomic E-state index is 3.50. The maximum absolute atomic E-state index is 3.50. The van der Waals surface area contributed by atoms with E-state index in [-0.39, 0.29) is 0 Å². The lowest BCUT2D eigenvalue weighted by Gasteiger charge is -2.11. The molecule has 0 aliphatic rings. The highest BCUT2D eigenvalue weighted by Crippen LogP contribution is 2.16. The molecule has 1 nitrogen and oxygen atoms in total. The van der Waals surface area contributed by atoms with Crippen LogP contribution in [-0.2, 0) is 6.54 Å². The molecule has 0 aliphatic heterocycles. The third-order valence-electron chi connectivity index (χ3n) is 2.24. The number of nitrogens with one attached hydrogen (secondary N) is 1. The normalized spacial score (nSPS) is 12.9. The molecule has 14 heavy (non-hydrogen) atoms. The molecule has 2 aromatic rings. The molecule has 74 valence electrons. The van der Waals surface area contributed by atoms with Gasteiger partial charge in [-0.05, 0) is 51.7 Å². The zero-order valence-corrected chi connectivity index (χ0v) is 9.70. The minimum atomic E-state index is 0.446. The quantitative estimate of drug-likeness (QED) is 0.834. The van der Waals surface area contributed by atoms with E-state index in [0.29, 0.717) is 6.04 Å². The molecule has 0 aliphatic carbocycles. The average molecular weight is 223 g/mol. The molecular formula is C11H13NS2. The lowest BCUT2D eigenvalue weighted by Crippen LogP contribution is -2.16. The standard InChI is InChI=1S/C11H13NS2/c1-9(11-3-5-14-8-11)12-6-10-2-4-13-7-10/h2-5,7-9,12H,6H2,1H3. The summed E-state index contributed by atoms with van der Waals surface area (Å²) in [6.07, 6.45) is 0. The summed E-state index contributed by atoms with van der Waals surface area (Å²) < 4.78 is 0. The first-order valence-corrected chi connectivity index (χ1v) is 6.51. The van der Waals surface area contributed by atoms with Crippen LogP contribution in [-0.4, -0.2) is 0 Å². The molecule has 1 N–H and O–H groups in total. The first kappa shape index (κ1) is 9.90. The van der Waals surface area contributed by atoms with Gasteiger partial charge in [-0.25, -0.2) is 0 Å². The van der Waals surface area contributed by atoms with Crippen LogP contribution in [0.2, 0.25) is 0 Å². The Bertz CT molecular complexity index is 351. The highest BCUT2D eigenvalue weighted by Gasteiger charge is 2.04. The summed E-state index contributed by atoms with van der Waals surface area (Å²) in [4.78, 5) is 0. The van der Waals surface area contributed by atoms with Crippen LogP contribution in [0.25, 0.3) is 0 Å². The Balaban J connectivity index is 1.87. The first-order chi connectivity index (χ1) is 6.86. The van der Waals surface area contributed by atoms with Gasteiger partial charge in [0.25, 0.3) is 0 Å². The van der Waals surface area contributed by atoms with Gasteiger partial charge >= 0.3 is 0 Å². The molecule has 0 saturated carbocycles. The third kappa shape index (κ3) is 2.44. The summed E-state index contributed by atoms with van der Waals surface area (Å²) in [5.41, 5.74) is 2.75. The Kier molecular flexibility index (Phi) is 3.35. The van der Waals surface area contributed by atoms with Crippen molar-refractivity contribution in [2.24, 2.45) is 0 Å². The molecular weight excluding hydrogens is 210 g/mol. The molecule has 0 bridgehead atoms. The smallest absolute Gasteiger partial charge is 0.0303 e. The van der Waals surface area contributed by atoms with Gasteiger partial charge < -0.3 is 5.32 Å². The second kappa shape index (κ2) is 4.73. The van der Waals surface area contributed by atoms with Crippen LogP contribution >= 0.6 is 22.7 Å². The van der Waals surface area contributed by atoms with Crippen molar-refractivity contribution in [3.63, 3.8) is 0 Å². The van der Waals surface area contributed by atoms with E-state index in [4.69, 9.17) is 0 Å².